The van der Waals surface area contributed by atoms with Crippen LogP contribution < -0.4 is 20.3 Å². The van der Waals surface area contributed by atoms with Gasteiger partial charge in [0.25, 0.3) is 5.56 Å². The van der Waals surface area contributed by atoms with Gasteiger partial charge in [0, 0.05) is 51.5 Å². The fourth-order valence-electron chi connectivity index (χ4n) is 4.81. The van der Waals surface area contributed by atoms with Crippen molar-refractivity contribution < 1.29 is 14.2 Å². The minimum absolute atomic E-state index is 0.0235. The Balaban J connectivity index is 1.20. The average Bonchev–Trinajstić information content (AvgIpc) is 2.91. The molecule has 1 N–H and O–H groups in total. The topological polar surface area (TPSA) is 102 Å². The Hall–Kier alpha value is -3.45. The Morgan fingerprint density at radius 1 is 1.17 bits per heavy atom. The van der Waals surface area contributed by atoms with Crippen LogP contribution in [0.2, 0.25) is 0 Å². The van der Waals surface area contributed by atoms with E-state index in [0.717, 1.165) is 48.4 Å². The molecule has 0 saturated carbocycles. The van der Waals surface area contributed by atoms with E-state index in [2.05, 4.69) is 21.3 Å². The Bertz CT molecular complexity index is 1300. The van der Waals surface area contributed by atoms with Crippen molar-refractivity contribution in [1.29, 1.82) is 5.26 Å². The van der Waals surface area contributed by atoms with E-state index in [1.807, 2.05) is 18.2 Å². The molecule has 1 saturated heterocycles. The van der Waals surface area contributed by atoms with Gasteiger partial charge in [-0.1, -0.05) is 6.07 Å². The van der Waals surface area contributed by atoms with Gasteiger partial charge in [0.1, 0.15) is 13.2 Å². The Morgan fingerprint density at radius 3 is 2.83 bits per heavy atom. The molecule has 2 aliphatic heterocycles. The molecule has 9 heteroatoms. The quantitative estimate of drug-likeness (QED) is 0.553. The van der Waals surface area contributed by atoms with Crippen molar-refractivity contribution >= 4 is 10.9 Å². The number of rotatable bonds is 7. The summed E-state index contributed by atoms with van der Waals surface area (Å²) in [4.78, 5) is 19.4. The van der Waals surface area contributed by atoms with E-state index in [9.17, 15) is 10.1 Å². The van der Waals surface area contributed by atoms with E-state index in [1.54, 1.807) is 36.1 Å². The van der Waals surface area contributed by atoms with Gasteiger partial charge in [-0.05, 0) is 36.6 Å². The largest absolute Gasteiger partial charge is 0.486 e. The first-order valence-corrected chi connectivity index (χ1v) is 11.9. The summed E-state index contributed by atoms with van der Waals surface area (Å²) in [5.41, 5.74) is 2.19. The molecule has 2 aromatic heterocycles. The fourth-order valence-corrected chi connectivity index (χ4v) is 4.81. The zero-order valence-corrected chi connectivity index (χ0v) is 19.8. The van der Waals surface area contributed by atoms with Crippen molar-refractivity contribution in [3.63, 3.8) is 0 Å². The van der Waals surface area contributed by atoms with Crippen molar-refractivity contribution in [1.82, 2.24) is 19.8 Å². The summed E-state index contributed by atoms with van der Waals surface area (Å²) in [5.74, 6) is 1.43. The van der Waals surface area contributed by atoms with Gasteiger partial charge in [0.15, 0.2) is 11.5 Å². The number of ether oxygens (including phenoxy) is 3. The predicted octanol–water partition coefficient (Wildman–Crippen LogP) is 1.92. The number of piperidine rings is 1. The Morgan fingerprint density at radius 2 is 2.00 bits per heavy atom. The van der Waals surface area contributed by atoms with Crippen LogP contribution in [0, 0.1) is 11.3 Å². The number of hydrogen-bond donors (Lipinski definition) is 1. The van der Waals surface area contributed by atoms with E-state index in [0.29, 0.717) is 37.6 Å². The standard InChI is InChI=1S/C26H29N5O4/c1-33-25-17-30(8-9-31-22-12-18(14-27)2-3-19(22)4-5-26(31)32)7-6-21(25)29-15-20-13-23-24(16-28-20)35-11-10-34-23/h2-5,12-13,16,21,25,29H,6-11,15,17H2,1H3/t21-,25-/m1/s1. The summed E-state index contributed by atoms with van der Waals surface area (Å²) in [6, 6.07) is 13.1. The van der Waals surface area contributed by atoms with Gasteiger partial charge in [0.05, 0.1) is 35.1 Å². The lowest BCUT2D eigenvalue weighted by molar-refractivity contribution is 0.00441. The number of likely N-dealkylation sites (tertiary alicyclic amines) is 1. The molecule has 5 rings (SSSR count). The second-order valence-corrected chi connectivity index (χ2v) is 8.88. The second-order valence-electron chi connectivity index (χ2n) is 8.88. The maximum atomic E-state index is 12.6. The van der Waals surface area contributed by atoms with E-state index < -0.39 is 0 Å². The number of benzene rings is 1. The number of aromatic nitrogens is 2. The average molecular weight is 476 g/mol. The van der Waals surface area contributed by atoms with Crippen LogP contribution in [0.5, 0.6) is 11.5 Å². The third kappa shape index (κ3) is 5.15. The fraction of sp³-hybridized carbons (Fsp3) is 0.423. The summed E-state index contributed by atoms with van der Waals surface area (Å²) in [7, 11) is 1.74. The molecule has 0 amide bonds. The second kappa shape index (κ2) is 10.4. The molecule has 9 nitrogen and oxygen atoms in total. The summed E-state index contributed by atoms with van der Waals surface area (Å²) >= 11 is 0. The summed E-state index contributed by atoms with van der Waals surface area (Å²) in [6.07, 6.45) is 2.67. The third-order valence-electron chi connectivity index (χ3n) is 6.74. The molecule has 182 valence electrons. The highest BCUT2D eigenvalue weighted by atomic mass is 16.6. The van der Waals surface area contributed by atoms with Crippen molar-refractivity contribution in [2.75, 3.05) is 40.0 Å². The van der Waals surface area contributed by atoms with Crippen LogP contribution in [-0.4, -0.2) is 66.6 Å². The molecule has 0 aliphatic carbocycles. The van der Waals surface area contributed by atoms with Gasteiger partial charge in [-0.15, -0.1) is 0 Å². The molecule has 0 spiro atoms. The smallest absolute Gasteiger partial charge is 0.251 e. The van der Waals surface area contributed by atoms with E-state index >= 15 is 0 Å². The van der Waals surface area contributed by atoms with Gasteiger partial charge in [-0.3, -0.25) is 14.7 Å². The molecule has 35 heavy (non-hydrogen) atoms. The lowest BCUT2D eigenvalue weighted by atomic mass is 10.0. The molecule has 4 heterocycles. The molecule has 2 atom stereocenters. The number of nitrogens with one attached hydrogen (secondary N) is 1. The van der Waals surface area contributed by atoms with E-state index in [-0.39, 0.29) is 17.7 Å². The normalized spacial score (nSPS) is 20.0. The zero-order valence-electron chi connectivity index (χ0n) is 19.8. The first-order chi connectivity index (χ1) is 17.1. The van der Waals surface area contributed by atoms with Gasteiger partial charge < -0.3 is 24.1 Å². The lowest BCUT2D eigenvalue weighted by Gasteiger charge is -2.38. The maximum Gasteiger partial charge on any atom is 0.251 e. The molecular formula is C26H29N5O4. The van der Waals surface area contributed by atoms with Crippen LogP contribution in [0.1, 0.15) is 17.7 Å². The van der Waals surface area contributed by atoms with Crippen molar-refractivity contribution in [2.45, 2.75) is 31.7 Å². The van der Waals surface area contributed by atoms with E-state index in [4.69, 9.17) is 14.2 Å². The molecule has 0 bridgehead atoms. The van der Waals surface area contributed by atoms with Crippen molar-refractivity contribution in [3.8, 4) is 17.6 Å². The maximum absolute atomic E-state index is 12.6. The summed E-state index contributed by atoms with van der Waals surface area (Å²) in [5, 5.41) is 13.8. The first kappa shape index (κ1) is 23.3. The Kier molecular flexibility index (Phi) is 6.95. The van der Waals surface area contributed by atoms with Crippen molar-refractivity contribution in [2.24, 2.45) is 0 Å². The molecular weight excluding hydrogens is 446 g/mol. The lowest BCUT2D eigenvalue weighted by Crippen LogP contribution is -2.53. The minimum atomic E-state index is -0.0561. The molecule has 0 radical (unpaired) electrons. The zero-order chi connectivity index (χ0) is 24.2. The van der Waals surface area contributed by atoms with Gasteiger partial charge >= 0.3 is 0 Å². The summed E-state index contributed by atoms with van der Waals surface area (Å²) < 4.78 is 18.8. The monoisotopic (exact) mass is 475 g/mol. The van der Waals surface area contributed by atoms with E-state index in [1.165, 1.54) is 0 Å². The van der Waals surface area contributed by atoms with Crippen LogP contribution in [0.25, 0.3) is 10.9 Å². The number of hydrogen-bond acceptors (Lipinski definition) is 8. The number of nitriles is 1. The molecule has 3 aromatic rings. The van der Waals surface area contributed by atoms with Crippen LogP contribution in [0.15, 0.2) is 47.4 Å². The first-order valence-electron chi connectivity index (χ1n) is 11.9. The highest BCUT2D eigenvalue weighted by Crippen LogP contribution is 2.29. The molecule has 1 aromatic carbocycles. The Labute approximate surface area is 203 Å². The van der Waals surface area contributed by atoms with Crippen LogP contribution in [0.4, 0.5) is 0 Å². The molecule has 2 aliphatic rings. The van der Waals surface area contributed by atoms with Crippen LogP contribution in [-0.2, 0) is 17.8 Å². The van der Waals surface area contributed by atoms with Crippen molar-refractivity contribution in [3.05, 3.63) is 64.2 Å². The van der Waals surface area contributed by atoms with Crippen LogP contribution >= 0.6 is 0 Å². The molecule has 0 unspecified atom stereocenters. The molecule has 1 fully saturated rings. The summed E-state index contributed by atoms with van der Waals surface area (Å²) in [6.45, 7) is 4.68. The van der Waals surface area contributed by atoms with Crippen LogP contribution in [0.3, 0.4) is 0 Å². The van der Waals surface area contributed by atoms with Gasteiger partial charge in [-0.2, -0.15) is 5.26 Å². The minimum Gasteiger partial charge on any atom is -0.486 e. The predicted molar refractivity (Wildman–Crippen MR) is 131 cm³/mol. The SMILES string of the molecule is CO[C@@H]1CN(CCn2c(=O)ccc3ccc(C#N)cc32)CC[C@H]1NCc1cc2c(cn1)OCCO2. The third-order valence-corrected chi connectivity index (χ3v) is 6.74. The number of pyridine rings is 2. The highest BCUT2D eigenvalue weighted by molar-refractivity contribution is 5.80. The van der Waals surface area contributed by atoms with Gasteiger partial charge in [0.2, 0.25) is 0 Å². The number of methoxy groups -OCH3 is 1. The van der Waals surface area contributed by atoms with Gasteiger partial charge in [-0.25, -0.2) is 0 Å². The highest BCUT2D eigenvalue weighted by Gasteiger charge is 2.29. The number of fused-ring (bicyclic) bond motifs is 2. The number of nitrogens with zero attached hydrogens (tertiary/aromatic N) is 4.